The van der Waals surface area contributed by atoms with E-state index >= 15 is 0 Å². The molecule has 0 spiro atoms. The van der Waals surface area contributed by atoms with E-state index in [1.54, 1.807) is 0 Å². The first kappa shape index (κ1) is 8.30. The van der Waals surface area contributed by atoms with E-state index in [4.69, 9.17) is 16.9 Å². The number of nitrogen functional groups attached to an aromatic ring is 2. The molecule has 0 aromatic carbocycles. The third kappa shape index (κ3) is 1.03. The standard InChI is InChI=1S/C7H8N6O/c8-4(9)2-1-11-5-3(2)6(14)13-7(10)12-5/h1H,(H3,8,9)(H4,10,11,12,13,14). The van der Waals surface area contributed by atoms with Gasteiger partial charge in [-0.2, -0.15) is 4.98 Å². The van der Waals surface area contributed by atoms with Gasteiger partial charge in [0.25, 0.3) is 5.56 Å². The Labute approximate surface area is 77.7 Å². The summed E-state index contributed by atoms with van der Waals surface area (Å²) in [7, 11) is 0. The lowest BCUT2D eigenvalue weighted by Gasteiger charge is -1.94. The van der Waals surface area contributed by atoms with Crippen molar-refractivity contribution in [2.45, 2.75) is 0 Å². The molecule has 0 saturated carbocycles. The summed E-state index contributed by atoms with van der Waals surface area (Å²) < 4.78 is 0. The molecule has 72 valence electrons. The predicted molar refractivity (Wildman–Crippen MR) is 52.1 cm³/mol. The molecular formula is C7H8N6O. The van der Waals surface area contributed by atoms with Crippen molar-refractivity contribution in [1.82, 2.24) is 15.0 Å². The van der Waals surface area contributed by atoms with Crippen LogP contribution in [-0.2, 0) is 0 Å². The Bertz CT molecular complexity index is 565. The lowest BCUT2D eigenvalue weighted by atomic mass is 10.2. The SMILES string of the molecule is N=C(N)c1c[nH]c2nc(N)[nH]c(=O)c12. The van der Waals surface area contributed by atoms with Crippen LogP contribution in [0.15, 0.2) is 11.0 Å². The smallest absolute Gasteiger partial charge is 0.262 e. The summed E-state index contributed by atoms with van der Waals surface area (Å²) in [6.07, 6.45) is 1.45. The number of hydrogen-bond acceptors (Lipinski definition) is 4. The minimum atomic E-state index is -0.404. The maximum atomic E-state index is 11.4. The summed E-state index contributed by atoms with van der Waals surface area (Å²) in [6.45, 7) is 0. The normalized spacial score (nSPS) is 10.6. The number of anilines is 1. The quantitative estimate of drug-likeness (QED) is 0.296. The summed E-state index contributed by atoms with van der Waals surface area (Å²) >= 11 is 0. The first-order valence-corrected chi connectivity index (χ1v) is 3.81. The van der Waals surface area contributed by atoms with Crippen molar-refractivity contribution in [1.29, 1.82) is 5.41 Å². The van der Waals surface area contributed by atoms with Crippen molar-refractivity contribution in [2.75, 3.05) is 5.73 Å². The Morgan fingerprint density at radius 2 is 2.29 bits per heavy atom. The van der Waals surface area contributed by atoms with Gasteiger partial charge >= 0.3 is 0 Å². The maximum Gasteiger partial charge on any atom is 0.262 e. The average Bonchev–Trinajstić information content (AvgIpc) is 2.47. The minimum absolute atomic E-state index is 0.0273. The van der Waals surface area contributed by atoms with Crippen LogP contribution in [0.5, 0.6) is 0 Å². The third-order valence-corrected chi connectivity index (χ3v) is 1.85. The van der Waals surface area contributed by atoms with E-state index < -0.39 is 5.56 Å². The van der Waals surface area contributed by atoms with E-state index in [0.29, 0.717) is 11.2 Å². The molecule has 0 atom stereocenters. The molecule has 2 aromatic rings. The molecule has 0 bridgehead atoms. The number of rotatable bonds is 1. The molecule has 7 nitrogen and oxygen atoms in total. The second kappa shape index (κ2) is 2.59. The highest BCUT2D eigenvalue weighted by Gasteiger charge is 2.11. The molecule has 2 aromatic heterocycles. The largest absolute Gasteiger partial charge is 0.384 e. The average molecular weight is 192 g/mol. The first-order valence-electron chi connectivity index (χ1n) is 3.81. The van der Waals surface area contributed by atoms with Gasteiger partial charge in [-0.15, -0.1) is 0 Å². The lowest BCUT2D eigenvalue weighted by molar-refractivity contribution is 1.17. The highest BCUT2D eigenvalue weighted by molar-refractivity contribution is 6.06. The van der Waals surface area contributed by atoms with Crippen LogP contribution in [-0.4, -0.2) is 20.8 Å². The highest BCUT2D eigenvalue weighted by Crippen LogP contribution is 2.11. The van der Waals surface area contributed by atoms with Crippen molar-refractivity contribution >= 4 is 22.8 Å². The van der Waals surface area contributed by atoms with Crippen LogP contribution in [0.1, 0.15) is 5.56 Å². The number of fused-ring (bicyclic) bond motifs is 1. The van der Waals surface area contributed by atoms with Crippen molar-refractivity contribution in [3.63, 3.8) is 0 Å². The zero-order valence-corrected chi connectivity index (χ0v) is 7.09. The number of nitrogens with one attached hydrogen (secondary N) is 3. The number of amidine groups is 1. The van der Waals surface area contributed by atoms with Crippen LogP contribution in [0.25, 0.3) is 11.0 Å². The Hall–Kier alpha value is -2.31. The molecule has 14 heavy (non-hydrogen) atoms. The molecular weight excluding hydrogens is 184 g/mol. The van der Waals surface area contributed by atoms with Gasteiger partial charge in [0.1, 0.15) is 11.5 Å². The molecule has 7 N–H and O–H groups in total. The fourth-order valence-electron chi connectivity index (χ4n) is 1.27. The second-order valence-corrected chi connectivity index (χ2v) is 2.79. The van der Waals surface area contributed by atoms with Gasteiger partial charge in [0.15, 0.2) is 0 Å². The summed E-state index contributed by atoms with van der Waals surface area (Å²) in [5.74, 6) is -0.159. The third-order valence-electron chi connectivity index (χ3n) is 1.85. The van der Waals surface area contributed by atoms with E-state index in [0.717, 1.165) is 0 Å². The Kier molecular flexibility index (Phi) is 1.53. The van der Waals surface area contributed by atoms with Crippen molar-refractivity contribution in [2.24, 2.45) is 5.73 Å². The molecule has 0 radical (unpaired) electrons. The van der Waals surface area contributed by atoms with Crippen LogP contribution in [0.3, 0.4) is 0 Å². The Morgan fingerprint density at radius 3 is 2.93 bits per heavy atom. The molecule has 0 amide bonds. The lowest BCUT2D eigenvalue weighted by Crippen LogP contribution is -2.16. The summed E-state index contributed by atoms with van der Waals surface area (Å²) in [4.78, 5) is 20.3. The molecule has 0 aliphatic carbocycles. The Morgan fingerprint density at radius 1 is 1.57 bits per heavy atom. The predicted octanol–water partition coefficient (Wildman–Crippen LogP) is -0.883. The number of aromatic amines is 2. The van der Waals surface area contributed by atoms with Crippen LogP contribution in [0.4, 0.5) is 5.95 Å². The molecule has 0 aliphatic heterocycles. The monoisotopic (exact) mass is 192 g/mol. The van der Waals surface area contributed by atoms with E-state index in [1.807, 2.05) is 0 Å². The number of nitrogens with zero attached hydrogens (tertiary/aromatic N) is 1. The molecule has 0 unspecified atom stereocenters. The van der Waals surface area contributed by atoms with E-state index in [-0.39, 0.29) is 17.2 Å². The fourth-order valence-corrected chi connectivity index (χ4v) is 1.27. The molecule has 0 aliphatic rings. The molecule has 0 saturated heterocycles. The van der Waals surface area contributed by atoms with Gasteiger partial charge < -0.3 is 16.5 Å². The first-order chi connectivity index (χ1) is 6.59. The van der Waals surface area contributed by atoms with Gasteiger partial charge in [-0.3, -0.25) is 15.2 Å². The van der Waals surface area contributed by atoms with Crippen LogP contribution < -0.4 is 17.0 Å². The number of aromatic nitrogens is 3. The maximum absolute atomic E-state index is 11.4. The second-order valence-electron chi connectivity index (χ2n) is 2.79. The van der Waals surface area contributed by atoms with Crippen LogP contribution in [0, 0.1) is 5.41 Å². The molecule has 7 heteroatoms. The number of nitrogens with two attached hydrogens (primary N) is 2. The molecule has 2 heterocycles. The summed E-state index contributed by atoms with van der Waals surface area (Å²) in [5, 5.41) is 7.49. The Balaban J connectivity index is 2.93. The van der Waals surface area contributed by atoms with E-state index in [9.17, 15) is 4.79 Å². The van der Waals surface area contributed by atoms with Crippen LogP contribution in [0.2, 0.25) is 0 Å². The summed E-state index contributed by atoms with van der Waals surface area (Å²) in [6, 6.07) is 0. The van der Waals surface area contributed by atoms with Gasteiger partial charge in [-0.1, -0.05) is 0 Å². The fraction of sp³-hybridized carbons (Fsp3) is 0. The highest BCUT2D eigenvalue weighted by atomic mass is 16.1. The van der Waals surface area contributed by atoms with Gasteiger partial charge in [-0.25, -0.2) is 0 Å². The van der Waals surface area contributed by atoms with Gasteiger partial charge in [0.2, 0.25) is 5.95 Å². The van der Waals surface area contributed by atoms with Crippen LogP contribution >= 0.6 is 0 Å². The van der Waals surface area contributed by atoms with E-state index in [1.165, 1.54) is 6.20 Å². The van der Waals surface area contributed by atoms with Gasteiger partial charge in [0.05, 0.1) is 5.39 Å². The van der Waals surface area contributed by atoms with Crippen molar-refractivity contribution in [3.8, 4) is 0 Å². The van der Waals surface area contributed by atoms with E-state index in [2.05, 4.69) is 15.0 Å². The molecule has 0 fully saturated rings. The zero-order valence-electron chi connectivity index (χ0n) is 7.09. The van der Waals surface area contributed by atoms with Crippen molar-refractivity contribution in [3.05, 3.63) is 22.1 Å². The van der Waals surface area contributed by atoms with Crippen molar-refractivity contribution < 1.29 is 0 Å². The minimum Gasteiger partial charge on any atom is -0.384 e. The van der Waals surface area contributed by atoms with Gasteiger partial charge in [0, 0.05) is 11.8 Å². The zero-order chi connectivity index (χ0) is 10.3. The topological polar surface area (TPSA) is 137 Å². The van der Waals surface area contributed by atoms with Gasteiger partial charge in [-0.05, 0) is 0 Å². The number of H-pyrrole nitrogens is 2. The number of hydrogen-bond donors (Lipinski definition) is 5. The summed E-state index contributed by atoms with van der Waals surface area (Å²) in [5.41, 5.74) is 10.9. The molecule has 2 rings (SSSR count).